The summed E-state index contributed by atoms with van der Waals surface area (Å²) in [5, 5.41) is 11.4. The number of para-hydroxylation sites is 2. The van der Waals surface area contributed by atoms with Crippen molar-refractivity contribution in [2.75, 3.05) is 4.90 Å². The van der Waals surface area contributed by atoms with Crippen LogP contribution < -0.4 is 4.90 Å². The highest BCUT2D eigenvalue weighted by Gasteiger charge is 2.28. The van der Waals surface area contributed by atoms with Crippen molar-refractivity contribution in [1.29, 1.82) is 0 Å². The van der Waals surface area contributed by atoms with Crippen LogP contribution in [0, 0.1) is 17.0 Å². The minimum atomic E-state index is -0.560. The maximum Gasteiger partial charge on any atom is 0.349 e. The summed E-state index contributed by atoms with van der Waals surface area (Å²) < 4.78 is 0. The van der Waals surface area contributed by atoms with Crippen LogP contribution in [0.4, 0.5) is 22.9 Å². The number of nitro groups is 1. The molecule has 3 aromatic rings. The van der Waals surface area contributed by atoms with Crippen molar-refractivity contribution in [3.63, 3.8) is 0 Å². The summed E-state index contributed by atoms with van der Waals surface area (Å²) >= 11 is 6.03. The lowest BCUT2D eigenvalue weighted by atomic mass is 10.2. The number of rotatable bonds is 4. The van der Waals surface area contributed by atoms with Gasteiger partial charge in [0.25, 0.3) is 0 Å². The van der Waals surface area contributed by atoms with Gasteiger partial charge < -0.3 is 0 Å². The molecular formula is C17H13ClN4O2. The summed E-state index contributed by atoms with van der Waals surface area (Å²) in [5.74, 6) is 0.493. The largest absolute Gasteiger partial charge is 0.349 e. The quantitative estimate of drug-likeness (QED) is 0.387. The zero-order chi connectivity index (χ0) is 17.1. The molecule has 0 unspecified atom stereocenters. The van der Waals surface area contributed by atoms with E-state index in [9.17, 15) is 10.1 Å². The number of nitrogens with zero attached hydrogens (tertiary/aromatic N) is 4. The molecule has 0 saturated heterocycles. The molecule has 0 N–H and O–H groups in total. The van der Waals surface area contributed by atoms with Crippen molar-refractivity contribution in [2.24, 2.45) is 0 Å². The Labute approximate surface area is 143 Å². The van der Waals surface area contributed by atoms with E-state index in [1.54, 1.807) is 11.8 Å². The fourth-order valence-electron chi connectivity index (χ4n) is 2.38. The van der Waals surface area contributed by atoms with E-state index >= 15 is 0 Å². The number of hydrogen-bond donors (Lipinski definition) is 0. The van der Waals surface area contributed by atoms with Gasteiger partial charge in [-0.25, -0.2) is 9.97 Å². The van der Waals surface area contributed by atoms with Crippen LogP contribution in [0.15, 0.2) is 60.7 Å². The lowest BCUT2D eigenvalue weighted by Gasteiger charge is -2.24. The Morgan fingerprint density at radius 1 is 0.958 bits per heavy atom. The Bertz CT molecular complexity index is 833. The van der Waals surface area contributed by atoms with E-state index < -0.39 is 4.92 Å². The molecule has 6 nitrogen and oxygen atoms in total. The van der Waals surface area contributed by atoms with Gasteiger partial charge in [-0.2, -0.15) is 0 Å². The Balaban J connectivity index is 2.30. The lowest BCUT2D eigenvalue weighted by molar-refractivity contribution is -0.384. The highest BCUT2D eigenvalue weighted by Crippen LogP contribution is 2.40. The van der Waals surface area contributed by atoms with Gasteiger partial charge in [0, 0.05) is 11.4 Å². The molecule has 0 radical (unpaired) electrons. The molecular weight excluding hydrogens is 328 g/mol. The van der Waals surface area contributed by atoms with Crippen molar-refractivity contribution in [3.05, 3.63) is 81.8 Å². The topological polar surface area (TPSA) is 72.2 Å². The molecule has 0 aliphatic carbocycles. The lowest BCUT2D eigenvalue weighted by Crippen LogP contribution is -2.15. The molecule has 0 atom stereocenters. The average Bonchev–Trinajstić information content (AvgIpc) is 2.56. The van der Waals surface area contributed by atoms with Crippen LogP contribution in [-0.4, -0.2) is 14.9 Å². The zero-order valence-electron chi connectivity index (χ0n) is 12.8. The van der Waals surface area contributed by atoms with Gasteiger partial charge in [0.2, 0.25) is 11.0 Å². The third-order valence-corrected chi connectivity index (χ3v) is 3.62. The maximum atomic E-state index is 11.5. The smallest absolute Gasteiger partial charge is 0.289 e. The van der Waals surface area contributed by atoms with Gasteiger partial charge in [-0.05, 0) is 31.2 Å². The van der Waals surface area contributed by atoms with Gasteiger partial charge in [0.15, 0.2) is 0 Å². The van der Waals surface area contributed by atoms with Gasteiger partial charge in [0.05, 0.1) is 4.92 Å². The van der Waals surface area contributed by atoms with Crippen LogP contribution in [0.25, 0.3) is 0 Å². The summed E-state index contributed by atoms with van der Waals surface area (Å²) in [5.41, 5.74) is 1.15. The third kappa shape index (κ3) is 3.04. The molecule has 0 spiro atoms. The van der Waals surface area contributed by atoms with Crippen LogP contribution in [0.1, 0.15) is 5.82 Å². The first-order valence-electron chi connectivity index (χ1n) is 7.16. The Hall–Kier alpha value is -2.99. The molecule has 24 heavy (non-hydrogen) atoms. The first-order valence-corrected chi connectivity index (χ1v) is 7.54. The molecule has 3 rings (SSSR count). The van der Waals surface area contributed by atoms with Gasteiger partial charge in [-0.3, -0.25) is 15.0 Å². The Kier molecular flexibility index (Phi) is 4.39. The van der Waals surface area contributed by atoms with Crippen molar-refractivity contribution >= 4 is 34.5 Å². The predicted molar refractivity (Wildman–Crippen MR) is 93.1 cm³/mol. The first-order chi connectivity index (χ1) is 11.6. The summed E-state index contributed by atoms with van der Waals surface area (Å²) in [6.07, 6.45) is 0. The average molecular weight is 341 g/mol. The zero-order valence-corrected chi connectivity index (χ0v) is 13.5. The van der Waals surface area contributed by atoms with E-state index in [-0.39, 0.29) is 16.7 Å². The molecule has 120 valence electrons. The maximum absolute atomic E-state index is 11.5. The number of benzene rings is 2. The highest BCUT2D eigenvalue weighted by molar-refractivity contribution is 6.32. The van der Waals surface area contributed by atoms with Crippen LogP contribution in [-0.2, 0) is 0 Å². The molecule has 7 heteroatoms. The van der Waals surface area contributed by atoms with Crippen molar-refractivity contribution in [2.45, 2.75) is 6.92 Å². The molecule has 0 amide bonds. The summed E-state index contributed by atoms with van der Waals surface area (Å²) in [7, 11) is 0. The van der Waals surface area contributed by atoms with Crippen molar-refractivity contribution in [3.8, 4) is 0 Å². The fourth-order valence-corrected chi connectivity index (χ4v) is 2.65. The highest BCUT2D eigenvalue weighted by atomic mass is 35.5. The second kappa shape index (κ2) is 6.64. The van der Waals surface area contributed by atoms with Gasteiger partial charge >= 0.3 is 5.69 Å². The fraction of sp³-hybridized carbons (Fsp3) is 0.0588. The molecule has 0 bridgehead atoms. The molecule has 0 saturated carbocycles. The monoisotopic (exact) mass is 340 g/mol. The molecule has 0 aliphatic heterocycles. The van der Waals surface area contributed by atoms with Crippen molar-refractivity contribution in [1.82, 2.24) is 9.97 Å². The minimum absolute atomic E-state index is 0.134. The summed E-state index contributed by atoms with van der Waals surface area (Å²) in [6, 6.07) is 18.6. The summed E-state index contributed by atoms with van der Waals surface area (Å²) in [4.78, 5) is 20.9. The van der Waals surface area contributed by atoms with E-state index in [4.69, 9.17) is 11.6 Å². The van der Waals surface area contributed by atoms with E-state index in [0.717, 1.165) is 11.4 Å². The van der Waals surface area contributed by atoms with Crippen molar-refractivity contribution < 1.29 is 4.92 Å². The molecule has 1 aromatic heterocycles. The van der Waals surface area contributed by atoms with E-state index in [1.807, 2.05) is 60.7 Å². The van der Waals surface area contributed by atoms with Gasteiger partial charge in [0.1, 0.15) is 5.82 Å². The third-order valence-electron chi connectivity index (χ3n) is 3.36. The second-order valence-electron chi connectivity index (χ2n) is 5.00. The number of aryl methyl sites for hydroxylation is 1. The summed E-state index contributed by atoms with van der Waals surface area (Å²) in [6.45, 7) is 1.65. The molecule has 0 fully saturated rings. The van der Waals surface area contributed by atoms with Crippen LogP contribution in [0.3, 0.4) is 0 Å². The van der Waals surface area contributed by atoms with Crippen LogP contribution in [0.2, 0.25) is 5.15 Å². The Morgan fingerprint density at radius 2 is 1.46 bits per heavy atom. The normalized spacial score (nSPS) is 10.4. The Morgan fingerprint density at radius 3 is 1.92 bits per heavy atom. The standard InChI is InChI=1S/C17H13ClN4O2/c1-12-19-16(18)15(22(23)24)17(20-12)21(13-8-4-2-5-9-13)14-10-6-3-7-11-14/h2-11H,1H3. The van der Waals surface area contributed by atoms with E-state index in [0.29, 0.717) is 5.82 Å². The van der Waals surface area contributed by atoms with Crippen LogP contribution in [0.5, 0.6) is 0 Å². The van der Waals surface area contributed by atoms with Gasteiger partial charge in [-0.1, -0.05) is 48.0 Å². The second-order valence-corrected chi connectivity index (χ2v) is 5.36. The molecule has 0 aliphatic rings. The first kappa shape index (κ1) is 15.9. The number of hydrogen-bond acceptors (Lipinski definition) is 5. The minimum Gasteiger partial charge on any atom is -0.289 e. The molecule has 1 heterocycles. The molecule has 2 aromatic carbocycles. The van der Waals surface area contributed by atoms with Crippen LogP contribution >= 0.6 is 11.6 Å². The van der Waals surface area contributed by atoms with Gasteiger partial charge in [-0.15, -0.1) is 0 Å². The SMILES string of the molecule is Cc1nc(Cl)c([N+](=O)[O-])c(N(c2ccccc2)c2ccccc2)n1. The predicted octanol–water partition coefficient (Wildman–Crippen LogP) is 4.82. The van der Waals surface area contributed by atoms with E-state index in [1.165, 1.54) is 0 Å². The number of anilines is 3. The van der Waals surface area contributed by atoms with E-state index in [2.05, 4.69) is 9.97 Å². The number of aromatic nitrogens is 2. The number of halogens is 1.